The van der Waals surface area contributed by atoms with E-state index in [4.69, 9.17) is 9.47 Å². The van der Waals surface area contributed by atoms with Crippen molar-refractivity contribution in [1.82, 2.24) is 10.6 Å². The van der Waals surface area contributed by atoms with Gasteiger partial charge in [-0.2, -0.15) is 0 Å². The van der Waals surface area contributed by atoms with Crippen LogP contribution >= 0.6 is 0 Å². The number of carbonyl (C=O) groups excluding carboxylic acids is 2. The molecule has 0 spiro atoms. The number of urea groups is 1. The van der Waals surface area contributed by atoms with E-state index in [1.54, 1.807) is 25.1 Å². The second-order valence-electron chi connectivity index (χ2n) is 6.98. The predicted molar refractivity (Wildman–Crippen MR) is 111 cm³/mol. The lowest BCUT2D eigenvalue weighted by molar-refractivity contribution is -0.113. The molecule has 7 nitrogen and oxygen atoms in total. The summed E-state index contributed by atoms with van der Waals surface area (Å²) >= 11 is 0. The number of ether oxygens (including phenoxy) is 2. The van der Waals surface area contributed by atoms with Gasteiger partial charge in [-0.05, 0) is 50.1 Å². The first-order valence-electron chi connectivity index (χ1n) is 9.23. The van der Waals surface area contributed by atoms with Crippen LogP contribution in [0.5, 0.6) is 11.5 Å². The average molecular weight is 395 g/mol. The molecule has 1 aliphatic rings. The summed E-state index contributed by atoms with van der Waals surface area (Å²) in [7, 11) is 3.06. The molecule has 29 heavy (non-hydrogen) atoms. The largest absolute Gasteiger partial charge is 0.493 e. The molecule has 0 aromatic heterocycles. The molecule has 0 saturated heterocycles. The summed E-state index contributed by atoms with van der Waals surface area (Å²) in [5.74, 6) is 0.672. The molecule has 1 atom stereocenters. The predicted octanol–water partition coefficient (Wildman–Crippen LogP) is 3.59. The number of anilines is 1. The van der Waals surface area contributed by atoms with Crippen LogP contribution in [0.3, 0.4) is 0 Å². The van der Waals surface area contributed by atoms with Crippen LogP contribution in [0.2, 0.25) is 0 Å². The van der Waals surface area contributed by atoms with Gasteiger partial charge in [0.25, 0.3) is 5.91 Å². The quantitative estimate of drug-likeness (QED) is 0.722. The van der Waals surface area contributed by atoms with Crippen molar-refractivity contribution >= 4 is 17.6 Å². The van der Waals surface area contributed by atoms with Gasteiger partial charge in [0.05, 0.1) is 25.8 Å². The molecule has 0 saturated carbocycles. The van der Waals surface area contributed by atoms with Crippen LogP contribution in [0.15, 0.2) is 47.7 Å². The van der Waals surface area contributed by atoms with Crippen LogP contribution in [0.4, 0.5) is 10.5 Å². The van der Waals surface area contributed by atoms with Gasteiger partial charge in [0, 0.05) is 16.9 Å². The Morgan fingerprint density at radius 1 is 1.03 bits per heavy atom. The van der Waals surface area contributed by atoms with Crippen molar-refractivity contribution in [2.24, 2.45) is 0 Å². The van der Waals surface area contributed by atoms with Crippen LogP contribution in [-0.4, -0.2) is 26.2 Å². The lowest BCUT2D eigenvalue weighted by Gasteiger charge is -2.30. The normalized spacial score (nSPS) is 16.0. The Balaban J connectivity index is 2.04. The number of allylic oxidation sites excluding steroid dienone is 1. The highest BCUT2D eigenvalue weighted by Gasteiger charge is 2.33. The summed E-state index contributed by atoms with van der Waals surface area (Å²) in [6.07, 6.45) is 0. The summed E-state index contributed by atoms with van der Waals surface area (Å²) in [5.41, 5.74) is 4.30. The second-order valence-corrected chi connectivity index (χ2v) is 6.98. The van der Waals surface area contributed by atoms with E-state index in [1.165, 1.54) is 14.2 Å². The topological polar surface area (TPSA) is 88.7 Å². The fourth-order valence-corrected chi connectivity index (χ4v) is 3.61. The number of aryl methyl sites for hydroxylation is 2. The summed E-state index contributed by atoms with van der Waals surface area (Å²) in [5, 5.41) is 8.45. The summed E-state index contributed by atoms with van der Waals surface area (Å²) < 4.78 is 10.9. The van der Waals surface area contributed by atoms with Crippen molar-refractivity contribution in [3.05, 3.63) is 64.4 Å². The van der Waals surface area contributed by atoms with E-state index in [0.717, 1.165) is 11.1 Å². The monoisotopic (exact) mass is 395 g/mol. The molecule has 1 unspecified atom stereocenters. The third-order valence-corrected chi connectivity index (χ3v) is 4.74. The molecule has 1 aliphatic heterocycles. The Hall–Kier alpha value is -3.48. The third kappa shape index (κ3) is 4.18. The number of para-hydroxylation sites is 1. The van der Waals surface area contributed by atoms with E-state index < -0.39 is 6.04 Å². The Labute approximate surface area is 170 Å². The van der Waals surface area contributed by atoms with Crippen molar-refractivity contribution in [3.63, 3.8) is 0 Å². The molecule has 0 fully saturated rings. The molecule has 1 heterocycles. The highest BCUT2D eigenvalue weighted by Crippen LogP contribution is 2.39. The van der Waals surface area contributed by atoms with Crippen molar-refractivity contribution in [3.8, 4) is 11.5 Å². The van der Waals surface area contributed by atoms with Gasteiger partial charge in [0.2, 0.25) is 0 Å². The Kier molecular flexibility index (Phi) is 5.77. The molecule has 0 bridgehead atoms. The zero-order chi connectivity index (χ0) is 21.1. The lowest BCUT2D eigenvalue weighted by Crippen LogP contribution is -2.46. The highest BCUT2D eigenvalue weighted by atomic mass is 16.5. The molecule has 152 valence electrons. The van der Waals surface area contributed by atoms with E-state index >= 15 is 0 Å². The smallest absolute Gasteiger partial charge is 0.319 e. The Morgan fingerprint density at radius 3 is 2.34 bits per heavy atom. The van der Waals surface area contributed by atoms with Gasteiger partial charge in [0.1, 0.15) is 0 Å². The molecule has 2 aromatic rings. The van der Waals surface area contributed by atoms with Gasteiger partial charge in [-0.1, -0.05) is 18.2 Å². The molecule has 0 radical (unpaired) electrons. The van der Waals surface area contributed by atoms with E-state index in [1.807, 2.05) is 32.0 Å². The third-order valence-electron chi connectivity index (χ3n) is 4.74. The van der Waals surface area contributed by atoms with Crippen molar-refractivity contribution in [2.75, 3.05) is 19.5 Å². The highest BCUT2D eigenvalue weighted by molar-refractivity contribution is 6.07. The Morgan fingerprint density at radius 2 is 1.72 bits per heavy atom. The Bertz CT molecular complexity index is 977. The van der Waals surface area contributed by atoms with Crippen molar-refractivity contribution in [2.45, 2.75) is 26.8 Å². The van der Waals surface area contributed by atoms with Crippen LogP contribution in [-0.2, 0) is 4.79 Å². The fourth-order valence-electron chi connectivity index (χ4n) is 3.61. The first-order valence-corrected chi connectivity index (χ1v) is 9.23. The van der Waals surface area contributed by atoms with Gasteiger partial charge in [0.15, 0.2) is 11.5 Å². The van der Waals surface area contributed by atoms with Crippen LogP contribution in [0.1, 0.15) is 29.7 Å². The van der Waals surface area contributed by atoms with Gasteiger partial charge in [-0.25, -0.2) is 4.79 Å². The molecule has 3 amide bonds. The second kappa shape index (κ2) is 8.26. The zero-order valence-electron chi connectivity index (χ0n) is 17.2. The minimum absolute atomic E-state index is 0.310. The minimum atomic E-state index is -0.695. The van der Waals surface area contributed by atoms with Gasteiger partial charge < -0.3 is 25.4 Å². The number of nitrogens with one attached hydrogen (secondary N) is 3. The molecule has 7 heteroatoms. The van der Waals surface area contributed by atoms with Gasteiger partial charge in [-0.3, -0.25) is 4.79 Å². The van der Waals surface area contributed by atoms with Crippen molar-refractivity contribution in [1.29, 1.82) is 0 Å². The minimum Gasteiger partial charge on any atom is -0.493 e. The summed E-state index contributed by atoms with van der Waals surface area (Å²) in [4.78, 5) is 25.4. The van der Waals surface area contributed by atoms with E-state index in [-0.39, 0.29) is 11.9 Å². The molecule has 3 N–H and O–H groups in total. The molecule has 3 rings (SSSR count). The number of benzene rings is 2. The number of amides is 3. The molecular weight excluding hydrogens is 370 g/mol. The average Bonchev–Trinajstić information content (AvgIpc) is 2.65. The molecular formula is C22H25N3O4. The van der Waals surface area contributed by atoms with Crippen molar-refractivity contribution < 1.29 is 19.1 Å². The first-order chi connectivity index (χ1) is 13.8. The van der Waals surface area contributed by atoms with E-state index in [0.29, 0.717) is 34.0 Å². The van der Waals surface area contributed by atoms with Crippen LogP contribution < -0.4 is 25.4 Å². The number of methoxy groups -OCH3 is 2. The maximum absolute atomic E-state index is 13.2. The number of hydrogen-bond acceptors (Lipinski definition) is 4. The van der Waals surface area contributed by atoms with Gasteiger partial charge in [-0.15, -0.1) is 0 Å². The first kappa shape index (κ1) is 20.3. The number of rotatable bonds is 5. The van der Waals surface area contributed by atoms with Gasteiger partial charge >= 0.3 is 6.03 Å². The van der Waals surface area contributed by atoms with E-state index in [2.05, 4.69) is 16.0 Å². The lowest BCUT2D eigenvalue weighted by atomic mass is 9.93. The SMILES string of the molecule is COc1cccc(C2NC(=O)NC(C)=C2C(=O)Nc2cc(C)cc(C)c2)c1OC. The van der Waals surface area contributed by atoms with Crippen LogP contribution in [0, 0.1) is 13.8 Å². The van der Waals surface area contributed by atoms with E-state index in [9.17, 15) is 9.59 Å². The van der Waals surface area contributed by atoms with Crippen LogP contribution in [0.25, 0.3) is 0 Å². The maximum Gasteiger partial charge on any atom is 0.319 e. The maximum atomic E-state index is 13.2. The fraction of sp³-hybridized carbons (Fsp3) is 0.273. The zero-order valence-corrected chi connectivity index (χ0v) is 17.2. The summed E-state index contributed by atoms with van der Waals surface area (Å²) in [6.45, 7) is 5.65. The molecule has 2 aromatic carbocycles. The number of hydrogen-bond donors (Lipinski definition) is 3. The summed E-state index contributed by atoms with van der Waals surface area (Å²) in [6, 6.07) is 10.1. The standard InChI is InChI=1S/C22H25N3O4/c1-12-9-13(2)11-15(10-12)24-21(26)18-14(3)23-22(27)25-19(18)16-7-6-8-17(28-4)20(16)29-5/h6-11,19H,1-5H3,(H,24,26)(H2,23,25,27). The molecule has 0 aliphatic carbocycles. The number of carbonyl (C=O) groups is 2.